The van der Waals surface area contributed by atoms with Crippen LogP contribution in [0.4, 0.5) is 5.69 Å². The summed E-state index contributed by atoms with van der Waals surface area (Å²) in [5.41, 5.74) is 2.05. The van der Waals surface area contributed by atoms with Gasteiger partial charge in [0, 0.05) is 19.8 Å². The Hall–Kier alpha value is -0.250. The molecule has 0 radical (unpaired) electrons. The van der Waals surface area contributed by atoms with Crippen LogP contribution < -0.4 is 39.6 Å². The van der Waals surface area contributed by atoms with Crippen molar-refractivity contribution in [3.63, 3.8) is 0 Å². The van der Waals surface area contributed by atoms with E-state index in [9.17, 15) is 13.5 Å². The summed E-state index contributed by atoms with van der Waals surface area (Å²) in [6.07, 6.45) is 0.491. The molecule has 1 aromatic carbocycles. The zero-order chi connectivity index (χ0) is 16.8. The molecule has 0 amide bonds. The van der Waals surface area contributed by atoms with Crippen molar-refractivity contribution >= 4 is 34.3 Å². The molecule has 0 bridgehead atoms. The molecule has 0 saturated heterocycles. The van der Waals surface area contributed by atoms with E-state index in [-0.39, 0.29) is 36.1 Å². The second-order valence-corrected chi connectivity index (χ2v) is 7.09. The zero-order valence-electron chi connectivity index (χ0n) is 13.6. The summed E-state index contributed by atoms with van der Waals surface area (Å²) < 4.78 is 29.8. The van der Waals surface area contributed by atoms with E-state index in [1.807, 2.05) is 43.3 Å². The molecule has 0 heterocycles. The first-order valence-electron chi connectivity index (χ1n) is 6.76. The van der Waals surface area contributed by atoms with Crippen LogP contribution in [0.15, 0.2) is 29.3 Å². The molecule has 0 aliphatic carbocycles. The van der Waals surface area contributed by atoms with Crippen molar-refractivity contribution in [3.05, 3.63) is 29.8 Å². The molecule has 124 valence electrons. The quantitative estimate of drug-likeness (QED) is 0.174. The van der Waals surface area contributed by atoms with Gasteiger partial charge in [0.25, 0.3) is 10.1 Å². The largest absolute Gasteiger partial charge is 1.00 e. The molecule has 1 unspecified atom stereocenters. The van der Waals surface area contributed by atoms with Crippen LogP contribution >= 0.6 is 12.6 Å². The molecule has 6 nitrogen and oxygen atoms in total. The molecule has 9 heteroatoms. The minimum absolute atomic E-state index is 0. The second kappa shape index (κ2) is 10.6. The average molecular weight is 368 g/mol. The third kappa shape index (κ3) is 8.97. The van der Waals surface area contributed by atoms with E-state index in [0.717, 1.165) is 11.3 Å². The van der Waals surface area contributed by atoms with Crippen LogP contribution in [0.2, 0.25) is 0 Å². The van der Waals surface area contributed by atoms with E-state index in [1.165, 1.54) is 0 Å². The van der Waals surface area contributed by atoms with E-state index in [1.54, 1.807) is 0 Å². The Balaban J connectivity index is 0.00000484. The zero-order valence-corrected chi connectivity index (χ0v) is 17.3. The second-order valence-electron chi connectivity index (χ2n) is 5.15. The summed E-state index contributed by atoms with van der Waals surface area (Å²) in [7, 11) is -0.199. The number of anilines is 1. The van der Waals surface area contributed by atoms with Gasteiger partial charge in [-0.15, -0.1) is 0 Å². The van der Waals surface area contributed by atoms with Crippen molar-refractivity contribution in [2.24, 2.45) is 10.9 Å². The molecule has 1 aromatic rings. The Labute approximate surface area is 165 Å². The van der Waals surface area contributed by atoms with Crippen LogP contribution in [0.5, 0.6) is 0 Å². The van der Waals surface area contributed by atoms with Crippen LogP contribution in [-0.4, -0.2) is 51.0 Å². The Kier molecular flexibility index (Phi) is 10.5. The van der Waals surface area contributed by atoms with Gasteiger partial charge in [0.1, 0.15) is 0 Å². The van der Waals surface area contributed by atoms with Gasteiger partial charge < -0.3 is 15.0 Å². The van der Waals surface area contributed by atoms with Crippen molar-refractivity contribution < 1.29 is 47.6 Å². The maximum absolute atomic E-state index is 11.9. The van der Waals surface area contributed by atoms with Gasteiger partial charge in [-0.25, -0.2) is 0 Å². The fourth-order valence-electron chi connectivity index (χ4n) is 1.84. The van der Waals surface area contributed by atoms with E-state index in [4.69, 9.17) is 4.55 Å². The summed E-state index contributed by atoms with van der Waals surface area (Å²) in [6, 6.07) is 7.81. The standard InChI is InChI=1S/C14H22N2O4S2.Na/c1-16(2)13-5-3-11(4-6-13)9-12(10-21)14(17)15-7-8-22(18,19)20;/h3-6,12,21H,7-10H2,1-2H3,(H,15,17)(H,18,19,20);/q;+1/p-1. The Bertz CT molecular complexity index is 604. The van der Waals surface area contributed by atoms with Crippen molar-refractivity contribution in [1.29, 1.82) is 0 Å². The SMILES string of the molecule is CN(C)c1ccc(CC(CS)C([O-])=NCCS(=O)(=O)O)cc1.[Na+]. The molecule has 0 aromatic heterocycles. The summed E-state index contributed by atoms with van der Waals surface area (Å²) in [5.74, 6) is -1.02. The summed E-state index contributed by atoms with van der Waals surface area (Å²) in [4.78, 5) is 5.67. The smallest absolute Gasteiger partial charge is 0.862 e. The van der Waals surface area contributed by atoms with E-state index < -0.39 is 27.7 Å². The first-order valence-corrected chi connectivity index (χ1v) is 9.00. The third-order valence-electron chi connectivity index (χ3n) is 3.12. The molecule has 0 aliphatic rings. The first kappa shape index (κ1) is 22.8. The molecular formula is C14H21N2NaO4S2. The molecule has 0 aliphatic heterocycles. The number of hydrogen-bond donors (Lipinski definition) is 2. The molecular weight excluding hydrogens is 347 g/mol. The predicted octanol–water partition coefficient (Wildman–Crippen LogP) is -2.51. The molecule has 1 N–H and O–H groups in total. The van der Waals surface area contributed by atoms with Crippen LogP contribution in [0.25, 0.3) is 0 Å². The maximum atomic E-state index is 11.9. The van der Waals surface area contributed by atoms with Crippen molar-refractivity contribution in [1.82, 2.24) is 0 Å². The maximum Gasteiger partial charge on any atom is 1.00 e. The van der Waals surface area contributed by atoms with E-state index >= 15 is 0 Å². The molecule has 0 spiro atoms. The third-order valence-corrected chi connectivity index (χ3v) is 4.26. The molecule has 0 fully saturated rings. The van der Waals surface area contributed by atoms with Gasteiger partial charge in [0.2, 0.25) is 0 Å². The fraction of sp³-hybridized carbons (Fsp3) is 0.500. The van der Waals surface area contributed by atoms with Gasteiger partial charge >= 0.3 is 29.6 Å². The predicted molar refractivity (Wildman–Crippen MR) is 90.5 cm³/mol. The van der Waals surface area contributed by atoms with E-state index in [2.05, 4.69) is 17.6 Å². The number of hydrogen-bond acceptors (Lipinski definition) is 6. The molecule has 1 rings (SSSR count). The van der Waals surface area contributed by atoms with Crippen LogP contribution in [0.3, 0.4) is 0 Å². The van der Waals surface area contributed by atoms with Gasteiger partial charge in [0.05, 0.1) is 12.3 Å². The van der Waals surface area contributed by atoms with Gasteiger partial charge in [-0.3, -0.25) is 4.55 Å². The fourth-order valence-corrected chi connectivity index (χ4v) is 2.45. The van der Waals surface area contributed by atoms with Gasteiger partial charge in [0.15, 0.2) is 0 Å². The van der Waals surface area contributed by atoms with Gasteiger partial charge in [-0.05, 0) is 41.7 Å². The monoisotopic (exact) mass is 368 g/mol. The topological polar surface area (TPSA) is 93.0 Å². The molecule has 0 saturated carbocycles. The first-order chi connectivity index (χ1) is 10.2. The van der Waals surface area contributed by atoms with Crippen LogP contribution in [-0.2, 0) is 16.5 Å². The number of benzene rings is 1. The molecule has 1 atom stereocenters. The number of nitrogens with zero attached hydrogens (tertiary/aromatic N) is 2. The number of aliphatic imine (C=N–C) groups is 1. The number of rotatable bonds is 8. The normalized spacial score (nSPS) is 13.3. The van der Waals surface area contributed by atoms with Crippen molar-refractivity contribution in [2.45, 2.75) is 6.42 Å². The van der Waals surface area contributed by atoms with Gasteiger partial charge in [-0.1, -0.05) is 12.1 Å². The minimum Gasteiger partial charge on any atom is -0.862 e. The van der Waals surface area contributed by atoms with Gasteiger partial charge in [-0.2, -0.15) is 21.0 Å². The Morgan fingerprint density at radius 2 is 1.91 bits per heavy atom. The minimum atomic E-state index is -4.09. The van der Waals surface area contributed by atoms with Crippen LogP contribution in [0, 0.1) is 5.92 Å². The van der Waals surface area contributed by atoms with E-state index in [0.29, 0.717) is 12.2 Å². The van der Waals surface area contributed by atoms with Crippen molar-refractivity contribution in [3.8, 4) is 0 Å². The number of thiol groups is 1. The Morgan fingerprint density at radius 3 is 2.35 bits per heavy atom. The summed E-state index contributed by atoms with van der Waals surface area (Å²) in [6.45, 7) is -0.235. The Morgan fingerprint density at radius 1 is 1.35 bits per heavy atom. The average Bonchev–Trinajstić information content (AvgIpc) is 2.43. The molecule has 23 heavy (non-hydrogen) atoms. The summed E-state index contributed by atoms with van der Waals surface area (Å²) >= 11 is 4.16. The van der Waals surface area contributed by atoms with Crippen LogP contribution in [0.1, 0.15) is 5.56 Å². The summed E-state index contributed by atoms with van der Waals surface area (Å²) in [5, 5.41) is 11.9. The van der Waals surface area contributed by atoms with Crippen molar-refractivity contribution in [2.75, 3.05) is 37.0 Å².